The Morgan fingerprint density at radius 2 is 1.88 bits per heavy atom. The molecule has 138 valence electrons. The number of nitro benzene ring substituents is 1. The van der Waals surface area contributed by atoms with Crippen LogP contribution in [0.4, 0.5) is 24.5 Å². The Morgan fingerprint density at radius 1 is 1.15 bits per heavy atom. The summed E-state index contributed by atoms with van der Waals surface area (Å²) in [5, 5.41) is 11.2. The van der Waals surface area contributed by atoms with E-state index < -0.39 is 22.4 Å². The number of aromatic nitrogens is 1. The average Bonchev–Trinajstić information content (AvgIpc) is 2.62. The number of nitrogens with zero attached hydrogens (tertiary/aromatic N) is 4. The Labute approximate surface area is 148 Å². The second kappa shape index (κ2) is 7.28. The van der Waals surface area contributed by atoms with Gasteiger partial charge < -0.3 is 4.90 Å². The highest BCUT2D eigenvalue weighted by Crippen LogP contribution is 2.36. The molecule has 9 heteroatoms. The summed E-state index contributed by atoms with van der Waals surface area (Å²) < 4.78 is 38.4. The van der Waals surface area contributed by atoms with Gasteiger partial charge in [-0.25, -0.2) is 0 Å². The fourth-order valence-corrected chi connectivity index (χ4v) is 3.01. The van der Waals surface area contributed by atoms with E-state index in [2.05, 4.69) is 9.88 Å². The third-order valence-electron chi connectivity index (χ3n) is 4.34. The molecule has 1 aromatic heterocycles. The number of hydrogen-bond donors (Lipinski definition) is 0. The lowest BCUT2D eigenvalue weighted by atomic mass is 10.1. The van der Waals surface area contributed by atoms with Crippen LogP contribution in [-0.2, 0) is 12.7 Å². The van der Waals surface area contributed by atoms with Crippen LogP contribution >= 0.6 is 0 Å². The van der Waals surface area contributed by atoms with E-state index in [1.54, 1.807) is 17.3 Å². The SMILES string of the molecule is O=[N+]([O-])c1cc(C(F)(F)F)ccc1N1CCN(Cc2cccnc2)CC1. The molecule has 0 bridgehead atoms. The van der Waals surface area contributed by atoms with Crippen molar-refractivity contribution in [3.63, 3.8) is 0 Å². The van der Waals surface area contributed by atoms with Crippen molar-refractivity contribution < 1.29 is 18.1 Å². The topological polar surface area (TPSA) is 62.5 Å². The van der Waals surface area contributed by atoms with Crippen LogP contribution in [0.3, 0.4) is 0 Å². The first-order valence-electron chi connectivity index (χ1n) is 8.06. The zero-order chi connectivity index (χ0) is 18.7. The van der Waals surface area contributed by atoms with Gasteiger partial charge in [0.15, 0.2) is 0 Å². The van der Waals surface area contributed by atoms with E-state index >= 15 is 0 Å². The molecule has 1 aliphatic heterocycles. The van der Waals surface area contributed by atoms with Gasteiger partial charge in [-0.2, -0.15) is 13.2 Å². The highest BCUT2D eigenvalue weighted by atomic mass is 19.4. The number of alkyl halides is 3. The van der Waals surface area contributed by atoms with Gasteiger partial charge in [-0.05, 0) is 23.8 Å². The van der Waals surface area contributed by atoms with Gasteiger partial charge in [0.05, 0.1) is 10.5 Å². The number of halogens is 3. The summed E-state index contributed by atoms with van der Waals surface area (Å²) in [4.78, 5) is 18.5. The normalized spacial score (nSPS) is 15.9. The van der Waals surface area contributed by atoms with Crippen LogP contribution in [-0.4, -0.2) is 41.0 Å². The lowest BCUT2D eigenvalue weighted by molar-refractivity contribution is -0.384. The predicted molar refractivity (Wildman–Crippen MR) is 89.8 cm³/mol. The number of pyridine rings is 1. The highest BCUT2D eigenvalue weighted by Gasteiger charge is 2.34. The maximum Gasteiger partial charge on any atom is 0.416 e. The van der Waals surface area contributed by atoms with Crippen LogP contribution in [0, 0.1) is 10.1 Å². The molecule has 6 nitrogen and oxygen atoms in total. The molecule has 0 amide bonds. The molecule has 0 atom stereocenters. The summed E-state index contributed by atoms with van der Waals surface area (Å²) in [6, 6.07) is 6.52. The number of nitro groups is 1. The van der Waals surface area contributed by atoms with Crippen LogP contribution in [0.1, 0.15) is 11.1 Å². The Balaban J connectivity index is 1.72. The zero-order valence-electron chi connectivity index (χ0n) is 13.8. The molecule has 0 aliphatic carbocycles. The van der Waals surface area contributed by atoms with Crippen LogP contribution in [0.2, 0.25) is 0 Å². The van der Waals surface area contributed by atoms with E-state index in [4.69, 9.17) is 0 Å². The molecule has 1 aromatic carbocycles. The van der Waals surface area contributed by atoms with Gasteiger partial charge in [-0.1, -0.05) is 6.07 Å². The zero-order valence-corrected chi connectivity index (χ0v) is 13.8. The molecule has 0 unspecified atom stereocenters. The fourth-order valence-electron chi connectivity index (χ4n) is 3.01. The van der Waals surface area contributed by atoms with Crippen molar-refractivity contribution in [2.75, 3.05) is 31.1 Å². The minimum atomic E-state index is -4.61. The molecule has 0 spiro atoms. The summed E-state index contributed by atoms with van der Waals surface area (Å²) in [6.07, 6.45) is -1.12. The molecular formula is C17H17F3N4O2. The van der Waals surface area contributed by atoms with Gasteiger partial charge in [0.25, 0.3) is 5.69 Å². The van der Waals surface area contributed by atoms with Gasteiger partial charge >= 0.3 is 6.18 Å². The summed E-state index contributed by atoms with van der Waals surface area (Å²) in [7, 11) is 0. The van der Waals surface area contributed by atoms with Crippen molar-refractivity contribution in [1.29, 1.82) is 0 Å². The molecule has 0 saturated carbocycles. The Morgan fingerprint density at radius 3 is 2.46 bits per heavy atom. The third-order valence-corrected chi connectivity index (χ3v) is 4.34. The first-order chi connectivity index (χ1) is 12.3. The molecule has 0 radical (unpaired) electrons. The smallest absolute Gasteiger partial charge is 0.363 e. The van der Waals surface area contributed by atoms with E-state index in [0.29, 0.717) is 32.2 Å². The second-order valence-corrected chi connectivity index (χ2v) is 6.08. The molecule has 26 heavy (non-hydrogen) atoms. The highest BCUT2D eigenvalue weighted by molar-refractivity contribution is 5.65. The summed E-state index contributed by atoms with van der Waals surface area (Å²) >= 11 is 0. The van der Waals surface area contributed by atoms with Crippen molar-refractivity contribution in [1.82, 2.24) is 9.88 Å². The van der Waals surface area contributed by atoms with Crippen molar-refractivity contribution in [3.05, 3.63) is 64.0 Å². The molecule has 2 aromatic rings. The summed E-state index contributed by atoms with van der Waals surface area (Å²) in [5.74, 6) is 0. The van der Waals surface area contributed by atoms with E-state index in [1.165, 1.54) is 6.07 Å². The van der Waals surface area contributed by atoms with E-state index in [-0.39, 0.29) is 5.69 Å². The standard InChI is InChI=1S/C17H17F3N4O2/c18-17(19,20)14-3-4-15(16(10-14)24(25)26)23-8-6-22(7-9-23)12-13-2-1-5-21-11-13/h1-5,10-11H,6-9,12H2. The molecule has 1 saturated heterocycles. The summed E-state index contributed by atoms with van der Waals surface area (Å²) in [5.41, 5.74) is -0.228. The van der Waals surface area contributed by atoms with Crippen LogP contribution in [0.5, 0.6) is 0 Å². The van der Waals surface area contributed by atoms with Crippen molar-refractivity contribution in [2.24, 2.45) is 0 Å². The third kappa shape index (κ3) is 4.10. The number of anilines is 1. The van der Waals surface area contributed by atoms with E-state index in [0.717, 1.165) is 18.2 Å². The number of rotatable bonds is 4. The largest absolute Gasteiger partial charge is 0.416 e. The Hall–Kier alpha value is -2.68. The maximum absolute atomic E-state index is 12.8. The molecule has 3 rings (SSSR count). The van der Waals surface area contributed by atoms with Gasteiger partial charge in [0, 0.05) is 51.2 Å². The minimum absolute atomic E-state index is 0.226. The Bertz CT molecular complexity index is 775. The van der Waals surface area contributed by atoms with Crippen molar-refractivity contribution in [3.8, 4) is 0 Å². The van der Waals surface area contributed by atoms with Gasteiger partial charge in [-0.3, -0.25) is 20.0 Å². The van der Waals surface area contributed by atoms with Gasteiger partial charge in [0.2, 0.25) is 0 Å². The van der Waals surface area contributed by atoms with Crippen LogP contribution in [0.15, 0.2) is 42.7 Å². The van der Waals surface area contributed by atoms with Crippen molar-refractivity contribution in [2.45, 2.75) is 12.7 Å². The number of benzene rings is 1. The van der Waals surface area contributed by atoms with Crippen LogP contribution in [0.25, 0.3) is 0 Å². The maximum atomic E-state index is 12.8. The first kappa shape index (κ1) is 18.1. The first-order valence-corrected chi connectivity index (χ1v) is 8.06. The van der Waals surface area contributed by atoms with Crippen LogP contribution < -0.4 is 4.90 Å². The number of piperazine rings is 1. The van der Waals surface area contributed by atoms with Gasteiger partial charge in [0.1, 0.15) is 5.69 Å². The molecule has 0 N–H and O–H groups in total. The van der Waals surface area contributed by atoms with Gasteiger partial charge in [-0.15, -0.1) is 0 Å². The molecule has 2 heterocycles. The van der Waals surface area contributed by atoms with E-state index in [9.17, 15) is 23.3 Å². The summed E-state index contributed by atoms with van der Waals surface area (Å²) in [6.45, 7) is 3.05. The predicted octanol–water partition coefficient (Wildman–Crippen LogP) is 3.33. The van der Waals surface area contributed by atoms with E-state index in [1.807, 2.05) is 12.1 Å². The number of hydrogen-bond acceptors (Lipinski definition) is 5. The average molecular weight is 366 g/mol. The lowest BCUT2D eigenvalue weighted by Crippen LogP contribution is -2.46. The fraction of sp³-hybridized carbons (Fsp3) is 0.353. The minimum Gasteiger partial charge on any atom is -0.363 e. The monoisotopic (exact) mass is 366 g/mol. The Kier molecular flexibility index (Phi) is 5.08. The molecule has 1 fully saturated rings. The second-order valence-electron chi connectivity index (χ2n) is 6.08. The lowest BCUT2D eigenvalue weighted by Gasteiger charge is -2.35. The molecule has 1 aliphatic rings. The van der Waals surface area contributed by atoms with Crippen molar-refractivity contribution >= 4 is 11.4 Å². The quantitative estimate of drug-likeness (QED) is 0.614. The molecular weight excluding hydrogens is 349 g/mol.